The van der Waals surface area contributed by atoms with Crippen molar-refractivity contribution < 1.29 is 4.79 Å². The Labute approximate surface area is 119 Å². The maximum atomic E-state index is 12.2. The Morgan fingerprint density at radius 1 is 1.00 bits per heavy atom. The van der Waals surface area contributed by atoms with E-state index >= 15 is 0 Å². The Morgan fingerprint density at radius 2 is 1.60 bits per heavy atom. The van der Waals surface area contributed by atoms with E-state index in [-0.39, 0.29) is 11.9 Å². The molecule has 3 N–H and O–H groups in total. The maximum absolute atomic E-state index is 12.2. The minimum Gasteiger partial charge on any atom is -0.348 e. The number of carbonyl (C=O) groups is 1. The highest BCUT2D eigenvalue weighted by atomic mass is 16.2. The number of hydrogen-bond acceptors (Lipinski definition) is 2. The number of amides is 1. The van der Waals surface area contributed by atoms with Crippen LogP contribution in [-0.4, -0.2) is 5.91 Å². The lowest BCUT2D eigenvalue weighted by Crippen LogP contribution is -2.35. The lowest BCUT2D eigenvalue weighted by molar-refractivity contribution is -0.123. The number of aryl methyl sites for hydroxylation is 1. The molecule has 0 fully saturated rings. The molecule has 0 aliphatic carbocycles. The molecule has 0 saturated heterocycles. The number of nitrogens with one attached hydrogen (secondary N) is 1. The van der Waals surface area contributed by atoms with Crippen molar-refractivity contribution >= 4 is 5.91 Å². The van der Waals surface area contributed by atoms with E-state index in [4.69, 9.17) is 5.73 Å². The third-order valence-corrected chi connectivity index (χ3v) is 3.38. The summed E-state index contributed by atoms with van der Waals surface area (Å²) in [4.78, 5) is 12.2. The summed E-state index contributed by atoms with van der Waals surface area (Å²) < 4.78 is 0. The Balaban J connectivity index is 2.02. The molecule has 0 aromatic heterocycles. The molecule has 0 aliphatic rings. The molecule has 1 amide bonds. The molecule has 0 aliphatic heterocycles. The molecule has 2 atom stereocenters. The molecule has 0 radical (unpaired) electrons. The third kappa shape index (κ3) is 3.45. The van der Waals surface area contributed by atoms with E-state index in [1.54, 1.807) is 0 Å². The van der Waals surface area contributed by atoms with Crippen molar-refractivity contribution in [3.63, 3.8) is 0 Å². The highest BCUT2D eigenvalue weighted by Crippen LogP contribution is 2.15. The van der Waals surface area contributed by atoms with Crippen LogP contribution in [0.4, 0.5) is 0 Å². The number of rotatable bonds is 4. The van der Waals surface area contributed by atoms with Crippen molar-refractivity contribution in [2.24, 2.45) is 5.73 Å². The summed E-state index contributed by atoms with van der Waals surface area (Å²) >= 11 is 0. The van der Waals surface area contributed by atoms with Crippen LogP contribution in [0.1, 0.15) is 35.7 Å². The predicted octanol–water partition coefficient (Wildman–Crippen LogP) is 2.87. The third-order valence-electron chi connectivity index (χ3n) is 3.38. The van der Waals surface area contributed by atoms with Gasteiger partial charge in [-0.3, -0.25) is 4.79 Å². The molecule has 0 spiro atoms. The molecule has 0 unspecified atom stereocenters. The van der Waals surface area contributed by atoms with Crippen molar-refractivity contribution in [3.05, 3.63) is 71.3 Å². The van der Waals surface area contributed by atoms with Crippen LogP contribution in [0.15, 0.2) is 54.6 Å². The topological polar surface area (TPSA) is 55.1 Å². The van der Waals surface area contributed by atoms with Gasteiger partial charge >= 0.3 is 0 Å². The summed E-state index contributed by atoms with van der Waals surface area (Å²) in [5.74, 6) is -0.163. The molecular formula is C17H20N2O. The van der Waals surface area contributed by atoms with Gasteiger partial charge in [0, 0.05) is 0 Å². The maximum Gasteiger partial charge on any atom is 0.241 e. The zero-order chi connectivity index (χ0) is 14.5. The molecule has 3 nitrogen and oxygen atoms in total. The SMILES string of the molecule is Cc1ccc([C@H](C)NC(=O)[C@@H](N)c2ccccc2)cc1. The molecule has 2 rings (SSSR count). The lowest BCUT2D eigenvalue weighted by atomic mass is 10.0. The molecule has 2 aromatic rings. The van der Waals surface area contributed by atoms with Crippen LogP contribution in [0.25, 0.3) is 0 Å². The first-order valence-corrected chi connectivity index (χ1v) is 6.75. The van der Waals surface area contributed by atoms with Gasteiger partial charge in [-0.1, -0.05) is 60.2 Å². The highest BCUT2D eigenvalue weighted by Gasteiger charge is 2.17. The highest BCUT2D eigenvalue weighted by molar-refractivity contribution is 5.83. The van der Waals surface area contributed by atoms with Gasteiger partial charge in [-0.15, -0.1) is 0 Å². The molecule has 0 heterocycles. The Morgan fingerprint density at radius 3 is 2.20 bits per heavy atom. The zero-order valence-corrected chi connectivity index (χ0v) is 11.8. The van der Waals surface area contributed by atoms with E-state index in [1.165, 1.54) is 5.56 Å². The second kappa shape index (κ2) is 6.35. The molecule has 0 saturated carbocycles. The summed E-state index contributed by atoms with van der Waals surface area (Å²) in [7, 11) is 0. The van der Waals surface area contributed by atoms with Gasteiger partial charge in [0.05, 0.1) is 6.04 Å². The Kier molecular flexibility index (Phi) is 4.53. The van der Waals surface area contributed by atoms with Crippen LogP contribution in [0.2, 0.25) is 0 Å². The molecule has 3 heteroatoms. The first kappa shape index (κ1) is 14.3. The number of carbonyl (C=O) groups excluding carboxylic acids is 1. The van der Waals surface area contributed by atoms with Gasteiger partial charge in [-0.2, -0.15) is 0 Å². The number of nitrogens with two attached hydrogens (primary N) is 1. The van der Waals surface area contributed by atoms with Crippen LogP contribution in [-0.2, 0) is 4.79 Å². The van der Waals surface area contributed by atoms with E-state index in [0.29, 0.717) is 0 Å². The average molecular weight is 268 g/mol. The summed E-state index contributed by atoms with van der Waals surface area (Å²) in [5.41, 5.74) is 9.07. The molecule has 0 bridgehead atoms. The van der Waals surface area contributed by atoms with Crippen molar-refractivity contribution in [2.45, 2.75) is 25.9 Å². The molecule has 104 valence electrons. The van der Waals surface area contributed by atoms with Gasteiger partial charge in [-0.25, -0.2) is 0 Å². The Hall–Kier alpha value is -2.13. The Bertz CT molecular complexity index is 563. The average Bonchev–Trinajstić information content (AvgIpc) is 2.48. The van der Waals surface area contributed by atoms with Crippen LogP contribution < -0.4 is 11.1 Å². The van der Waals surface area contributed by atoms with Gasteiger partial charge in [0.1, 0.15) is 6.04 Å². The number of hydrogen-bond donors (Lipinski definition) is 2. The van der Waals surface area contributed by atoms with Crippen molar-refractivity contribution in [2.75, 3.05) is 0 Å². The van der Waals surface area contributed by atoms with E-state index in [2.05, 4.69) is 5.32 Å². The fraction of sp³-hybridized carbons (Fsp3) is 0.235. The van der Waals surface area contributed by atoms with Gasteiger partial charge in [0.15, 0.2) is 0 Å². The van der Waals surface area contributed by atoms with E-state index in [1.807, 2.05) is 68.4 Å². The van der Waals surface area contributed by atoms with Crippen molar-refractivity contribution in [3.8, 4) is 0 Å². The van der Waals surface area contributed by atoms with Crippen LogP contribution in [0, 0.1) is 6.92 Å². The fourth-order valence-corrected chi connectivity index (χ4v) is 2.05. The smallest absolute Gasteiger partial charge is 0.241 e. The van der Waals surface area contributed by atoms with Crippen LogP contribution in [0.3, 0.4) is 0 Å². The van der Waals surface area contributed by atoms with Gasteiger partial charge in [0.25, 0.3) is 0 Å². The molecular weight excluding hydrogens is 248 g/mol. The van der Waals surface area contributed by atoms with Gasteiger partial charge < -0.3 is 11.1 Å². The summed E-state index contributed by atoms with van der Waals surface area (Å²) in [6, 6.07) is 16.8. The van der Waals surface area contributed by atoms with Gasteiger partial charge in [-0.05, 0) is 25.0 Å². The van der Waals surface area contributed by atoms with Crippen LogP contribution >= 0.6 is 0 Å². The number of benzene rings is 2. The normalized spacial score (nSPS) is 13.6. The fourth-order valence-electron chi connectivity index (χ4n) is 2.05. The first-order chi connectivity index (χ1) is 9.58. The first-order valence-electron chi connectivity index (χ1n) is 6.75. The zero-order valence-electron chi connectivity index (χ0n) is 11.8. The minimum absolute atomic E-state index is 0.0575. The summed E-state index contributed by atoms with van der Waals surface area (Å²) in [6.07, 6.45) is 0. The summed E-state index contributed by atoms with van der Waals surface area (Å²) in [5, 5.41) is 2.95. The lowest BCUT2D eigenvalue weighted by Gasteiger charge is -2.18. The largest absolute Gasteiger partial charge is 0.348 e. The van der Waals surface area contributed by atoms with E-state index in [9.17, 15) is 4.79 Å². The predicted molar refractivity (Wildman–Crippen MR) is 81.1 cm³/mol. The monoisotopic (exact) mass is 268 g/mol. The molecule has 2 aromatic carbocycles. The summed E-state index contributed by atoms with van der Waals surface area (Å²) in [6.45, 7) is 4.00. The van der Waals surface area contributed by atoms with Gasteiger partial charge in [0.2, 0.25) is 5.91 Å². The second-order valence-corrected chi connectivity index (χ2v) is 5.03. The minimum atomic E-state index is -0.635. The van der Waals surface area contributed by atoms with E-state index < -0.39 is 6.04 Å². The van der Waals surface area contributed by atoms with Crippen molar-refractivity contribution in [1.29, 1.82) is 0 Å². The molecule has 20 heavy (non-hydrogen) atoms. The van der Waals surface area contributed by atoms with Crippen LogP contribution in [0.5, 0.6) is 0 Å². The van der Waals surface area contributed by atoms with Crippen molar-refractivity contribution in [1.82, 2.24) is 5.32 Å². The quantitative estimate of drug-likeness (QED) is 0.896. The standard InChI is InChI=1S/C17H20N2O/c1-12-8-10-14(11-9-12)13(2)19-17(20)16(18)15-6-4-3-5-7-15/h3-11,13,16H,18H2,1-2H3,(H,19,20)/t13-,16-/m0/s1. The van der Waals surface area contributed by atoms with E-state index in [0.717, 1.165) is 11.1 Å². The second-order valence-electron chi connectivity index (χ2n) is 5.03.